The second-order valence-corrected chi connectivity index (χ2v) is 9.84. The van der Waals surface area contributed by atoms with Gasteiger partial charge in [0, 0.05) is 6.04 Å². The van der Waals surface area contributed by atoms with E-state index in [1.807, 2.05) is 35.8 Å². The number of fused-ring (bicyclic) bond motifs is 1. The molecule has 6 nitrogen and oxygen atoms in total. The minimum absolute atomic E-state index is 0.0246. The molecule has 1 unspecified atom stereocenters. The maximum absolute atomic E-state index is 13.3. The van der Waals surface area contributed by atoms with Crippen LogP contribution in [-0.2, 0) is 4.79 Å². The number of nitrogens with zero attached hydrogens (tertiary/aromatic N) is 3. The Hall–Kier alpha value is -2.33. The van der Waals surface area contributed by atoms with Crippen molar-refractivity contribution in [2.75, 3.05) is 0 Å². The summed E-state index contributed by atoms with van der Waals surface area (Å²) in [5.74, 6) is -0.163. The van der Waals surface area contributed by atoms with E-state index in [1.54, 1.807) is 0 Å². The van der Waals surface area contributed by atoms with Gasteiger partial charge in [-0.15, -0.1) is 0 Å². The molecule has 0 bridgehead atoms. The zero-order valence-electron chi connectivity index (χ0n) is 17.4. The molecule has 7 heteroatoms. The summed E-state index contributed by atoms with van der Waals surface area (Å²) in [6, 6.07) is 9.88. The lowest BCUT2D eigenvalue weighted by Crippen LogP contribution is -2.51. The van der Waals surface area contributed by atoms with Crippen molar-refractivity contribution in [1.29, 1.82) is 5.26 Å². The molecule has 1 N–H and O–H groups in total. The fourth-order valence-corrected chi connectivity index (χ4v) is 5.64. The number of hydrogen-bond donors (Lipinski definition) is 1. The number of hydrogen-bond acceptors (Lipinski definition) is 5. The van der Waals surface area contributed by atoms with Gasteiger partial charge in [-0.25, -0.2) is 4.98 Å². The van der Waals surface area contributed by atoms with Gasteiger partial charge >= 0.3 is 0 Å². The molecule has 1 atom stereocenters. The van der Waals surface area contributed by atoms with Crippen molar-refractivity contribution in [2.24, 2.45) is 0 Å². The van der Waals surface area contributed by atoms with E-state index in [0.29, 0.717) is 28.9 Å². The molecule has 30 heavy (non-hydrogen) atoms. The van der Waals surface area contributed by atoms with Crippen LogP contribution in [0.4, 0.5) is 0 Å². The number of amides is 1. The van der Waals surface area contributed by atoms with Gasteiger partial charge in [0.25, 0.3) is 5.56 Å². The first-order valence-corrected chi connectivity index (χ1v) is 11.8. The number of aromatic nitrogens is 2. The summed E-state index contributed by atoms with van der Waals surface area (Å²) in [6.07, 6.45) is 8.58. The summed E-state index contributed by atoms with van der Waals surface area (Å²) in [4.78, 5) is 31.0. The van der Waals surface area contributed by atoms with E-state index in [0.717, 1.165) is 44.9 Å². The van der Waals surface area contributed by atoms with E-state index < -0.39 is 10.8 Å². The average Bonchev–Trinajstić information content (AvgIpc) is 3.29. The molecule has 0 radical (unpaired) electrons. The highest BCUT2D eigenvalue weighted by Gasteiger charge is 2.35. The number of carbonyl (C=O) groups excluding carboxylic acids is 1. The molecule has 1 heterocycles. The van der Waals surface area contributed by atoms with Gasteiger partial charge in [0.2, 0.25) is 5.91 Å². The van der Waals surface area contributed by atoms with E-state index >= 15 is 0 Å². The van der Waals surface area contributed by atoms with Crippen LogP contribution in [0.3, 0.4) is 0 Å². The lowest BCUT2D eigenvalue weighted by Gasteiger charge is -2.32. The maximum atomic E-state index is 13.3. The Kier molecular flexibility index (Phi) is 6.14. The second-order valence-electron chi connectivity index (χ2n) is 8.53. The van der Waals surface area contributed by atoms with E-state index in [1.165, 1.54) is 11.8 Å². The number of para-hydroxylation sites is 1. The summed E-state index contributed by atoms with van der Waals surface area (Å²) in [6.45, 7) is 1.83. The fourth-order valence-electron chi connectivity index (χ4n) is 4.66. The standard InChI is InChI=1S/C23H28N4O2S/c1-16(20(28)26-23(15-24)13-7-2-8-14-23)30-22-25-19-12-6-5-11-18(19)21(29)27(22)17-9-3-4-10-17/h5-6,11-12,16-17H,2-4,7-10,13-14H2,1H3,(H,26,28). The Morgan fingerprint density at radius 2 is 1.93 bits per heavy atom. The zero-order valence-corrected chi connectivity index (χ0v) is 18.2. The Balaban J connectivity index is 1.62. The quantitative estimate of drug-likeness (QED) is 0.570. The van der Waals surface area contributed by atoms with Crippen LogP contribution in [0.1, 0.15) is 70.8 Å². The molecular formula is C23H28N4O2S. The van der Waals surface area contributed by atoms with Crippen LogP contribution in [0, 0.1) is 11.3 Å². The van der Waals surface area contributed by atoms with Crippen LogP contribution >= 0.6 is 11.8 Å². The number of rotatable bonds is 5. The van der Waals surface area contributed by atoms with Crippen molar-refractivity contribution in [3.8, 4) is 6.07 Å². The van der Waals surface area contributed by atoms with Crippen molar-refractivity contribution in [2.45, 2.75) is 86.7 Å². The molecule has 2 saturated carbocycles. The number of nitrogens with one attached hydrogen (secondary N) is 1. The van der Waals surface area contributed by atoms with E-state index in [-0.39, 0.29) is 17.5 Å². The summed E-state index contributed by atoms with van der Waals surface area (Å²) in [5, 5.41) is 13.5. The van der Waals surface area contributed by atoms with Crippen molar-refractivity contribution >= 4 is 28.6 Å². The Labute approximate surface area is 181 Å². The minimum Gasteiger partial charge on any atom is -0.337 e. The van der Waals surface area contributed by atoms with Gasteiger partial charge in [-0.1, -0.05) is 56.0 Å². The summed E-state index contributed by atoms with van der Waals surface area (Å²) in [7, 11) is 0. The van der Waals surface area contributed by atoms with E-state index in [4.69, 9.17) is 4.98 Å². The molecule has 1 aromatic carbocycles. The molecule has 0 saturated heterocycles. The first-order valence-electron chi connectivity index (χ1n) is 10.9. The highest BCUT2D eigenvalue weighted by atomic mass is 32.2. The van der Waals surface area contributed by atoms with Crippen molar-refractivity contribution in [3.05, 3.63) is 34.6 Å². The predicted molar refractivity (Wildman–Crippen MR) is 118 cm³/mol. The molecule has 1 amide bonds. The number of thioether (sulfide) groups is 1. The van der Waals surface area contributed by atoms with Crippen LogP contribution in [0.15, 0.2) is 34.2 Å². The minimum atomic E-state index is -0.758. The third-order valence-corrected chi connectivity index (χ3v) is 7.47. The highest BCUT2D eigenvalue weighted by Crippen LogP contribution is 2.34. The topological polar surface area (TPSA) is 87.8 Å². The van der Waals surface area contributed by atoms with Gasteiger partial charge in [0.1, 0.15) is 5.54 Å². The summed E-state index contributed by atoms with van der Waals surface area (Å²) in [5.41, 5.74) is -0.123. The lowest BCUT2D eigenvalue weighted by atomic mass is 9.83. The third-order valence-electron chi connectivity index (χ3n) is 6.40. The van der Waals surface area contributed by atoms with Crippen molar-refractivity contribution in [3.63, 3.8) is 0 Å². The van der Waals surface area contributed by atoms with Gasteiger partial charge in [0.15, 0.2) is 5.16 Å². The second kappa shape index (κ2) is 8.81. The van der Waals surface area contributed by atoms with Crippen LogP contribution in [0.5, 0.6) is 0 Å². The Morgan fingerprint density at radius 3 is 2.63 bits per heavy atom. The molecule has 0 aliphatic heterocycles. The number of carbonyl (C=O) groups is 1. The van der Waals surface area contributed by atoms with Crippen molar-refractivity contribution in [1.82, 2.24) is 14.9 Å². The Morgan fingerprint density at radius 1 is 1.23 bits per heavy atom. The smallest absolute Gasteiger partial charge is 0.262 e. The SMILES string of the molecule is CC(Sc1nc2ccccc2c(=O)n1C1CCCC1)C(=O)NC1(C#N)CCCCC1. The molecular weight excluding hydrogens is 396 g/mol. The van der Waals surface area contributed by atoms with Crippen LogP contribution in [-0.4, -0.2) is 26.2 Å². The van der Waals surface area contributed by atoms with Gasteiger partial charge in [-0.3, -0.25) is 14.2 Å². The average molecular weight is 425 g/mol. The third kappa shape index (κ3) is 4.11. The van der Waals surface area contributed by atoms with E-state index in [9.17, 15) is 14.9 Å². The zero-order chi connectivity index (χ0) is 21.1. The summed E-state index contributed by atoms with van der Waals surface area (Å²) < 4.78 is 1.81. The van der Waals surface area contributed by atoms with Gasteiger partial charge < -0.3 is 5.32 Å². The monoisotopic (exact) mass is 424 g/mol. The van der Waals surface area contributed by atoms with Gasteiger partial charge in [-0.2, -0.15) is 5.26 Å². The maximum Gasteiger partial charge on any atom is 0.262 e. The van der Waals surface area contributed by atoms with Gasteiger partial charge in [0.05, 0.1) is 22.2 Å². The number of nitriles is 1. The largest absolute Gasteiger partial charge is 0.337 e. The van der Waals surface area contributed by atoms with Gasteiger partial charge in [-0.05, 0) is 44.7 Å². The molecule has 2 aliphatic carbocycles. The van der Waals surface area contributed by atoms with Crippen LogP contribution in [0.25, 0.3) is 10.9 Å². The molecule has 2 aromatic rings. The lowest BCUT2D eigenvalue weighted by molar-refractivity contribution is -0.121. The molecule has 0 spiro atoms. The molecule has 4 rings (SSSR count). The fraction of sp³-hybridized carbons (Fsp3) is 0.565. The predicted octanol–water partition coefficient (Wildman–Crippen LogP) is 4.33. The molecule has 1 aromatic heterocycles. The normalized spacial score (nSPS) is 20.0. The molecule has 158 valence electrons. The van der Waals surface area contributed by atoms with Crippen LogP contribution in [0.2, 0.25) is 0 Å². The highest BCUT2D eigenvalue weighted by molar-refractivity contribution is 8.00. The van der Waals surface area contributed by atoms with E-state index in [2.05, 4.69) is 11.4 Å². The number of benzene rings is 1. The first-order chi connectivity index (χ1) is 14.5. The Bertz CT molecular complexity index is 1030. The van der Waals surface area contributed by atoms with Crippen molar-refractivity contribution < 1.29 is 4.79 Å². The molecule has 2 fully saturated rings. The molecule has 2 aliphatic rings. The van der Waals surface area contributed by atoms with Crippen LogP contribution < -0.4 is 10.9 Å². The first kappa shape index (κ1) is 20.9. The summed E-state index contributed by atoms with van der Waals surface area (Å²) >= 11 is 1.32.